The van der Waals surface area contributed by atoms with E-state index < -0.39 is 0 Å². The number of nitrogens with two attached hydrogens (primary N) is 1. The SMILES string of the molecule is CCC(O)CCn1cnc2c(N)nncc21. The van der Waals surface area contributed by atoms with Crippen molar-refractivity contribution in [2.75, 3.05) is 5.73 Å². The first kappa shape index (κ1) is 10.8. The van der Waals surface area contributed by atoms with E-state index in [2.05, 4.69) is 15.2 Å². The predicted octanol–water partition coefficient (Wildman–Crippen LogP) is 0.569. The van der Waals surface area contributed by atoms with Gasteiger partial charge in [-0.15, -0.1) is 5.10 Å². The second-order valence-corrected chi connectivity index (χ2v) is 3.75. The van der Waals surface area contributed by atoms with Crippen molar-refractivity contribution in [3.8, 4) is 0 Å². The summed E-state index contributed by atoms with van der Waals surface area (Å²) in [5.41, 5.74) is 7.18. The molecule has 0 radical (unpaired) electrons. The first-order valence-electron chi connectivity index (χ1n) is 5.32. The summed E-state index contributed by atoms with van der Waals surface area (Å²) in [6.07, 6.45) is 4.52. The lowest BCUT2D eigenvalue weighted by Gasteiger charge is -2.08. The molecule has 2 aromatic rings. The van der Waals surface area contributed by atoms with Gasteiger partial charge in [-0.1, -0.05) is 6.92 Å². The number of nitrogen functional groups attached to an aromatic ring is 1. The molecule has 2 rings (SSSR count). The maximum absolute atomic E-state index is 9.50. The molecule has 0 aromatic carbocycles. The Kier molecular flexibility index (Phi) is 3.00. The second kappa shape index (κ2) is 4.44. The molecule has 0 bridgehead atoms. The van der Waals surface area contributed by atoms with E-state index >= 15 is 0 Å². The number of hydrogen-bond acceptors (Lipinski definition) is 5. The van der Waals surface area contributed by atoms with Gasteiger partial charge in [0.2, 0.25) is 0 Å². The molecular weight excluding hydrogens is 206 g/mol. The summed E-state index contributed by atoms with van der Waals surface area (Å²) in [5.74, 6) is 0.340. The fourth-order valence-corrected chi connectivity index (χ4v) is 1.59. The van der Waals surface area contributed by atoms with Crippen molar-refractivity contribution in [3.05, 3.63) is 12.5 Å². The van der Waals surface area contributed by atoms with Crippen molar-refractivity contribution < 1.29 is 5.11 Å². The van der Waals surface area contributed by atoms with Gasteiger partial charge in [-0.25, -0.2) is 4.98 Å². The quantitative estimate of drug-likeness (QED) is 0.787. The highest BCUT2D eigenvalue weighted by atomic mass is 16.3. The Bertz CT molecular complexity index is 481. The van der Waals surface area contributed by atoms with Crippen molar-refractivity contribution >= 4 is 16.9 Å². The van der Waals surface area contributed by atoms with Crippen LogP contribution in [0.15, 0.2) is 12.5 Å². The molecule has 0 saturated heterocycles. The van der Waals surface area contributed by atoms with Gasteiger partial charge in [0.25, 0.3) is 0 Å². The van der Waals surface area contributed by atoms with Crippen molar-refractivity contribution in [1.29, 1.82) is 0 Å². The largest absolute Gasteiger partial charge is 0.393 e. The van der Waals surface area contributed by atoms with E-state index in [1.807, 2.05) is 11.5 Å². The van der Waals surface area contributed by atoms with E-state index in [4.69, 9.17) is 5.73 Å². The van der Waals surface area contributed by atoms with E-state index in [0.29, 0.717) is 24.3 Å². The molecule has 0 aliphatic carbocycles. The summed E-state index contributed by atoms with van der Waals surface area (Å²) in [5, 5.41) is 17.0. The minimum atomic E-state index is -0.274. The van der Waals surface area contributed by atoms with Gasteiger partial charge in [0.15, 0.2) is 5.82 Å². The second-order valence-electron chi connectivity index (χ2n) is 3.75. The average molecular weight is 221 g/mol. The Labute approximate surface area is 93.1 Å². The van der Waals surface area contributed by atoms with Crippen LogP contribution in [-0.4, -0.2) is 31.0 Å². The molecule has 0 fully saturated rings. The summed E-state index contributed by atoms with van der Waals surface area (Å²) in [4.78, 5) is 4.18. The van der Waals surface area contributed by atoms with Crippen LogP contribution in [0.2, 0.25) is 0 Å². The third kappa shape index (κ3) is 1.96. The van der Waals surface area contributed by atoms with Crippen molar-refractivity contribution in [2.45, 2.75) is 32.4 Å². The van der Waals surface area contributed by atoms with E-state index in [1.54, 1.807) is 12.5 Å². The Morgan fingerprint density at radius 1 is 1.56 bits per heavy atom. The van der Waals surface area contributed by atoms with Gasteiger partial charge < -0.3 is 15.4 Å². The summed E-state index contributed by atoms with van der Waals surface area (Å²) < 4.78 is 1.93. The standard InChI is InChI=1S/C10H15N5O/c1-2-7(16)3-4-15-6-12-9-8(15)5-13-14-10(9)11/h5-7,16H,2-4H2,1H3,(H2,11,14). The third-order valence-corrected chi connectivity index (χ3v) is 2.64. The molecule has 1 atom stereocenters. The normalized spacial score (nSPS) is 13.1. The number of aliphatic hydroxyl groups excluding tert-OH is 1. The van der Waals surface area contributed by atoms with Crippen molar-refractivity contribution in [2.24, 2.45) is 0 Å². The van der Waals surface area contributed by atoms with Crippen LogP contribution in [0.5, 0.6) is 0 Å². The van der Waals surface area contributed by atoms with Crippen LogP contribution in [0.1, 0.15) is 19.8 Å². The molecule has 86 valence electrons. The monoisotopic (exact) mass is 221 g/mol. The maximum atomic E-state index is 9.50. The molecule has 0 aliphatic heterocycles. The van der Waals surface area contributed by atoms with Crippen LogP contribution in [-0.2, 0) is 6.54 Å². The minimum absolute atomic E-state index is 0.274. The fourth-order valence-electron chi connectivity index (χ4n) is 1.59. The predicted molar refractivity (Wildman–Crippen MR) is 60.7 cm³/mol. The fraction of sp³-hybridized carbons (Fsp3) is 0.500. The molecule has 6 nitrogen and oxygen atoms in total. The number of hydrogen-bond donors (Lipinski definition) is 2. The maximum Gasteiger partial charge on any atom is 0.174 e. The lowest BCUT2D eigenvalue weighted by atomic mass is 10.2. The van der Waals surface area contributed by atoms with Crippen LogP contribution in [0.4, 0.5) is 5.82 Å². The van der Waals surface area contributed by atoms with Gasteiger partial charge in [0.05, 0.1) is 24.1 Å². The molecule has 0 aliphatic rings. The van der Waals surface area contributed by atoms with Gasteiger partial charge in [-0.2, -0.15) is 5.10 Å². The number of rotatable bonds is 4. The highest BCUT2D eigenvalue weighted by molar-refractivity contribution is 5.83. The molecule has 0 spiro atoms. The summed E-state index contributed by atoms with van der Waals surface area (Å²) >= 11 is 0. The lowest BCUT2D eigenvalue weighted by molar-refractivity contribution is 0.155. The van der Waals surface area contributed by atoms with Gasteiger partial charge in [0, 0.05) is 6.54 Å². The Morgan fingerprint density at radius 3 is 3.12 bits per heavy atom. The number of imidazole rings is 1. The molecule has 3 N–H and O–H groups in total. The van der Waals surface area contributed by atoms with Gasteiger partial charge in [0.1, 0.15) is 5.52 Å². The van der Waals surface area contributed by atoms with E-state index in [0.717, 1.165) is 11.9 Å². The van der Waals surface area contributed by atoms with Gasteiger partial charge in [-0.3, -0.25) is 0 Å². The highest BCUT2D eigenvalue weighted by Crippen LogP contribution is 2.16. The topological polar surface area (TPSA) is 89.8 Å². The van der Waals surface area contributed by atoms with Gasteiger partial charge >= 0.3 is 0 Å². The number of fused-ring (bicyclic) bond motifs is 1. The number of aliphatic hydroxyl groups is 1. The number of aryl methyl sites for hydroxylation is 1. The number of nitrogens with zero attached hydrogens (tertiary/aromatic N) is 4. The minimum Gasteiger partial charge on any atom is -0.393 e. The summed E-state index contributed by atoms with van der Waals surface area (Å²) in [6, 6.07) is 0. The molecule has 16 heavy (non-hydrogen) atoms. The van der Waals surface area contributed by atoms with Gasteiger partial charge in [-0.05, 0) is 12.8 Å². The van der Waals surface area contributed by atoms with Crippen LogP contribution >= 0.6 is 0 Å². The Balaban J connectivity index is 2.22. The highest BCUT2D eigenvalue weighted by Gasteiger charge is 2.08. The molecule has 0 saturated carbocycles. The molecular formula is C10H15N5O. The van der Waals surface area contributed by atoms with E-state index in [1.165, 1.54) is 0 Å². The smallest absolute Gasteiger partial charge is 0.174 e. The molecule has 1 unspecified atom stereocenters. The lowest BCUT2D eigenvalue weighted by Crippen LogP contribution is -2.09. The summed E-state index contributed by atoms with van der Waals surface area (Å²) in [7, 11) is 0. The zero-order chi connectivity index (χ0) is 11.5. The zero-order valence-corrected chi connectivity index (χ0v) is 9.17. The van der Waals surface area contributed by atoms with Crippen molar-refractivity contribution in [1.82, 2.24) is 19.7 Å². The van der Waals surface area contributed by atoms with E-state index in [-0.39, 0.29) is 6.10 Å². The van der Waals surface area contributed by atoms with Crippen molar-refractivity contribution in [3.63, 3.8) is 0 Å². The average Bonchev–Trinajstić information content (AvgIpc) is 2.70. The third-order valence-electron chi connectivity index (χ3n) is 2.64. The molecule has 0 amide bonds. The first-order chi connectivity index (χ1) is 7.72. The van der Waals surface area contributed by atoms with Crippen LogP contribution < -0.4 is 5.73 Å². The molecule has 6 heteroatoms. The van der Waals surface area contributed by atoms with E-state index in [9.17, 15) is 5.11 Å². The first-order valence-corrected chi connectivity index (χ1v) is 5.32. The van der Waals surface area contributed by atoms with Crippen LogP contribution in [0.25, 0.3) is 11.0 Å². The number of aromatic nitrogens is 4. The van der Waals surface area contributed by atoms with Crippen LogP contribution in [0.3, 0.4) is 0 Å². The Morgan fingerprint density at radius 2 is 2.38 bits per heavy atom. The molecule has 2 heterocycles. The Hall–Kier alpha value is -1.69. The molecule has 2 aromatic heterocycles. The number of anilines is 1. The summed E-state index contributed by atoms with van der Waals surface area (Å²) in [6.45, 7) is 2.66. The zero-order valence-electron chi connectivity index (χ0n) is 9.17. The van der Waals surface area contributed by atoms with Crippen LogP contribution in [0, 0.1) is 0 Å².